The molecule has 1 unspecified atom stereocenters. The summed E-state index contributed by atoms with van der Waals surface area (Å²) in [4.78, 5) is 25.5. The van der Waals surface area contributed by atoms with E-state index in [1.807, 2.05) is 30.3 Å². The largest absolute Gasteiger partial charge is 0.465 e. The van der Waals surface area contributed by atoms with Crippen molar-refractivity contribution in [2.45, 2.75) is 103 Å². The molecule has 1 fully saturated rings. The molecule has 0 radical (unpaired) electrons. The summed E-state index contributed by atoms with van der Waals surface area (Å²) in [7, 11) is 0. The van der Waals surface area contributed by atoms with E-state index in [-0.39, 0.29) is 24.4 Å². The SMILES string of the molecule is CCNC(c1cc(C(=O)OCCCCCCCCCCOC(=O)Cc2ccccc2Nc2c(Cl)cccc2Cl)cc(Br)c1N)C1CCCCC1. The van der Waals surface area contributed by atoms with Crippen molar-refractivity contribution in [2.75, 3.05) is 30.8 Å². The zero-order chi connectivity index (χ0) is 35.7. The van der Waals surface area contributed by atoms with Gasteiger partial charge >= 0.3 is 11.9 Å². The summed E-state index contributed by atoms with van der Waals surface area (Å²) < 4.78 is 11.9. The lowest BCUT2D eigenvalue weighted by Crippen LogP contribution is -2.30. The van der Waals surface area contributed by atoms with Gasteiger partial charge in [-0.25, -0.2) is 4.79 Å². The van der Waals surface area contributed by atoms with Crippen molar-refractivity contribution in [3.05, 3.63) is 85.8 Å². The van der Waals surface area contributed by atoms with Crippen LogP contribution in [-0.4, -0.2) is 31.7 Å². The highest BCUT2D eigenvalue weighted by molar-refractivity contribution is 9.10. The third-order valence-corrected chi connectivity index (χ3v) is 10.7. The minimum atomic E-state index is -0.297. The summed E-state index contributed by atoms with van der Waals surface area (Å²) in [5, 5.41) is 7.91. The van der Waals surface area contributed by atoms with E-state index in [9.17, 15) is 9.59 Å². The van der Waals surface area contributed by atoms with E-state index in [4.69, 9.17) is 38.4 Å². The van der Waals surface area contributed by atoms with Crippen molar-refractivity contribution in [3.8, 4) is 0 Å². The summed E-state index contributed by atoms with van der Waals surface area (Å²) >= 11 is 16.2. The number of nitrogens with two attached hydrogens (primary N) is 1. The van der Waals surface area contributed by atoms with Gasteiger partial charge in [0.25, 0.3) is 0 Å². The monoisotopic (exact) mass is 787 g/mol. The molecule has 272 valence electrons. The van der Waals surface area contributed by atoms with Gasteiger partial charge in [-0.05, 0) is 95.5 Å². The number of unbranched alkanes of at least 4 members (excludes halogenated alkanes) is 7. The Morgan fingerprint density at radius 3 is 2.14 bits per heavy atom. The van der Waals surface area contributed by atoms with Crippen LogP contribution in [0.4, 0.5) is 17.1 Å². The van der Waals surface area contributed by atoms with E-state index >= 15 is 0 Å². The zero-order valence-corrected chi connectivity index (χ0v) is 32.3. The molecule has 0 aliphatic heterocycles. The molecule has 0 heterocycles. The number of anilines is 3. The third kappa shape index (κ3) is 12.5. The molecule has 1 aliphatic carbocycles. The predicted molar refractivity (Wildman–Crippen MR) is 210 cm³/mol. The summed E-state index contributed by atoms with van der Waals surface area (Å²) in [5.74, 6) is -0.0347. The van der Waals surface area contributed by atoms with Gasteiger partial charge in [-0.3, -0.25) is 4.79 Å². The summed E-state index contributed by atoms with van der Waals surface area (Å²) in [6.45, 7) is 3.79. The van der Waals surface area contributed by atoms with Crippen molar-refractivity contribution in [3.63, 3.8) is 0 Å². The van der Waals surface area contributed by atoms with Crippen molar-refractivity contribution < 1.29 is 19.1 Å². The molecule has 10 heteroatoms. The van der Waals surface area contributed by atoms with Crippen LogP contribution in [0.3, 0.4) is 0 Å². The minimum absolute atomic E-state index is 0.136. The van der Waals surface area contributed by atoms with Crippen LogP contribution in [0, 0.1) is 5.92 Å². The molecule has 1 saturated carbocycles. The lowest BCUT2D eigenvalue weighted by molar-refractivity contribution is -0.142. The van der Waals surface area contributed by atoms with E-state index in [0.29, 0.717) is 46.1 Å². The first-order chi connectivity index (χ1) is 24.3. The Morgan fingerprint density at radius 2 is 1.48 bits per heavy atom. The number of rotatable bonds is 20. The molecule has 0 amide bonds. The van der Waals surface area contributed by atoms with Gasteiger partial charge in [0.2, 0.25) is 0 Å². The lowest BCUT2D eigenvalue weighted by atomic mass is 9.80. The van der Waals surface area contributed by atoms with Gasteiger partial charge in [-0.15, -0.1) is 0 Å². The molecule has 0 saturated heterocycles. The summed E-state index contributed by atoms with van der Waals surface area (Å²) in [6.07, 6.45) is 14.5. The molecule has 0 spiro atoms. The van der Waals surface area contributed by atoms with Crippen LogP contribution in [0.15, 0.2) is 59.1 Å². The van der Waals surface area contributed by atoms with E-state index in [1.165, 1.54) is 32.1 Å². The van der Waals surface area contributed by atoms with Gasteiger partial charge in [-0.2, -0.15) is 0 Å². The molecule has 3 aromatic rings. The van der Waals surface area contributed by atoms with Crippen LogP contribution in [-0.2, 0) is 20.7 Å². The second-order valence-electron chi connectivity index (χ2n) is 13.1. The fourth-order valence-corrected chi connectivity index (χ4v) is 7.65. The number of esters is 2. The Labute approximate surface area is 316 Å². The van der Waals surface area contributed by atoms with E-state index in [1.54, 1.807) is 24.3 Å². The normalized spacial score (nSPS) is 13.9. The van der Waals surface area contributed by atoms with E-state index in [0.717, 1.165) is 79.2 Å². The number of nitrogen functional groups attached to an aromatic ring is 1. The van der Waals surface area contributed by atoms with Crippen molar-refractivity contribution in [1.29, 1.82) is 0 Å². The Bertz CT molecular complexity index is 1510. The van der Waals surface area contributed by atoms with Crippen molar-refractivity contribution in [2.24, 2.45) is 5.92 Å². The number of para-hydroxylation sites is 2. The molecule has 3 aromatic carbocycles. The molecule has 1 aliphatic rings. The molecule has 0 bridgehead atoms. The molecule has 1 atom stereocenters. The number of carbonyl (C=O) groups excluding carboxylic acids is 2. The fourth-order valence-electron chi connectivity index (χ4n) is 6.69. The van der Waals surface area contributed by atoms with Gasteiger partial charge in [0.15, 0.2) is 0 Å². The van der Waals surface area contributed by atoms with E-state index < -0.39 is 0 Å². The van der Waals surface area contributed by atoms with Gasteiger partial charge < -0.3 is 25.8 Å². The Morgan fingerprint density at radius 1 is 0.860 bits per heavy atom. The molecule has 0 aromatic heterocycles. The number of carbonyl (C=O) groups is 2. The molecule has 4 rings (SSSR count). The van der Waals surface area contributed by atoms with Crippen LogP contribution < -0.4 is 16.4 Å². The Hall–Kier alpha value is -2.78. The van der Waals surface area contributed by atoms with Gasteiger partial charge in [0, 0.05) is 16.2 Å². The van der Waals surface area contributed by atoms with Crippen LogP contribution >= 0.6 is 39.1 Å². The van der Waals surface area contributed by atoms with Crippen LogP contribution in [0.25, 0.3) is 0 Å². The van der Waals surface area contributed by atoms with Crippen LogP contribution in [0.5, 0.6) is 0 Å². The summed E-state index contributed by atoms with van der Waals surface area (Å²) in [6, 6.07) is 16.7. The predicted octanol–water partition coefficient (Wildman–Crippen LogP) is 11.4. The number of nitrogens with one attached hydrogen (secondary N) is 2. The first-order valence-electron chi connectivity index (χ1n) is 18.2. The maximum Gasteiger partial charge on any atom is 0.338 e. The fraction of sp³-hybridized carbons (Fsp3) is 0.500. The number of hydrogen-bond acceptors (Lipinski definition) is 7. The van der Waals surface area contributed by atoms with Gasteiger partial charge in [-0.1, -0.05) is 112 Å². The topological polar surface area (TPSA) is 103 Å². The highest BCUT2D eigenvalue weighted by Gasteiger charge is 2.28. The standard InChI is InChI=1S/C40H52BrCl2N3O4/c1-2-45-38(28-17-10-9-11-18-28)31-25-30(26-32(41)37(31)44)40(48)50-24-15-8-6-4-3-5-7-14-23-49-36(47)27-29-19-12-13-22-35(29)46-39-33(42)20-16-21-34(39)43/h12-13,16,19-22,25-26,28,38,45-46H,2-11,14-15,17-18,23-24,27,44H2,1H3. The highest BCUT2D eigenvalue weighted by atomic mass is 79.9. The average molecular weight is 790 g/mol. The minimum Gasteiger partial charge on any atom is -0.465 e. The van der Waals surface area contributed by atoms with Crippen LogP contribution in [0.1, 0.15) is 118 Å². The van der Waals surface area contributed by atoms with Crippen LogP contribution in [0.2, 0.25) is 10.0 Å². The second-order valence-corrected chi connectivity index (χ2v) is 14.8. The second kappa shape index (κ2) is 21.6. The average Bonchev–Trinajstić information content (AvgIpc) is 3.11. The highest BCUT2D eigenvalue weighted by Crippen LogP contribution is 2.39. The molecule has 4 N–H and O–H groups in total. The lowest BCUT2D eigenvalue weighted by Gasteiger charge is -2.32. The van der Waals surface area contributed by atoms with Crippen molar-refractivity contribution in [1.82, 2.24) is 5.32 Å². The maximum absolute atomic E-state index is 13.0. The molecular weight excluding hydrogens is 737 g/mol. The number of ether oxygens (including phenoxy) is 2. The number of halogens is 3. The first-order valence-corrected chi connectivity index (χ1v) is 19.8. The Balaban J connectivity index is 1.07. The number of benzene rings is 3. The molecule has 7 nitrogen and oxygen atoms in total. The smallest absolute Gasteiger partial charge is 0.338 e. The van der Waals surface area contributed by atoms with E-state index in [2.05, 4.69) is 33.5 Å². The first kappa shape index (κ1) is 40.0. The zero-order valence-electron chi connectivity index (χ0n) is 29.2. The maximum atomic E-state index is 13.0. The number of hydrogen-bond donors (Lipinski definition) is 3. The van der Waals surface area contributed by atoms with Gasteiger partial charge in [0.1, 0.15) is 0 Å². The molecular formula is C40H52BrCl2N3O4. The quantitative estimate of drug-likeness (QED) is 0.0595. The summed E-state index contributed by atoms with van der Waals surface area (Å²) in [5.41, 5.74) is 10.9. The third-order valence-electron chi connectivity index (χ3n) is 9.39. The molecule has 50 heavy (non-hydrogen) atoms. The van der Waals surface area contributed by atoms with Crippen molar-refractivity contribution >= 4 is 68.1 Å². The van der Waals surface area contributed by atoms with Gasteiger partial charge in [0.05, 0.1) is 46.6 Å². The Kier molecular flexibility index (Phi) is 17.2.